The molecule has 0 bridgehead atoms. The third-order valence-electron chi connectivity index (χ3n) is 3.78. The molecule has 2 aromatic heterocycles. The van der Waals surface area contributed by atoms with E-state index in [-0.39, 0.29) is 5.69 Å². The second-order valence-electron chi connectivity index (χ2n) is 5.25. The number of rotatable bonds is 4. The molecular weight excluding hydrogens is 282 g/mol. The van der Waals surface area contributed by atoms with Crippen LogP contribution >= 0.6 is 0 Å². The smallest absolute Gasteiger partial charge is 0.287 e. The largest absolute Gasteiger partial charge is 0.367 e. The maximum Gasteiger partial charge on any atom is 0.287 e. The molecule has 7 nitrogen and oxygen atoms in total. The zero-order valence-corrected chi connectivity index (χ0v) is 12.1. The number of nitrogens with zero attached hydrogens (tertiary/aromatic N) is 4. The van der Waals surface area contributed by atoms with Gasteiger partial charge in [-0.3, -0.25) is 10.1 Å². The lowest BCUT2D eigenvalue weighted by molar-refractivity contribution is -0.385. The molecule has 0 saturated carbocycles. The van der Waals surface area contributed by atoms with Gasteiger partial charge in [-0.1, -0.05) is 6.07 Å². The van der Waals surface area contributed by atoms with Crippen molar-refractivity contribution in [2.45, 2.75) is 18.9 Å². The fourth-order valence-corrected chi connectivity index (χ4v) is 2.58. The highest BCUT2D eigenvalue weighted by Gasteiger charge is 2.20. The molecule has 0 radical (unpaired) electrons. The van der Waals surface area contributed by atoms with Gasteiger partial charge in [-0.2, -0.15) is 0 Å². The first-order chi connectivity index (χ1) is 10.7. The number of aromatic nitrogens is 2. The molecule has 22 heavy (non-hydrogen) atoms. The lowest BCUT2D eigenvalue weighted by Gasteiger charge is -2.33. The van der Waals surface area contributed by atoms with Crippen molar-refractivity contribution < 1.29 is 4.92 Å². The minimum atomic E-state index is -0.442. The summed E-state index contributed by atoms with van der Waals surface area (Å²) in [5.74, 6) is 1.69. The van der Waals surface area contributed by atoms with Gasteiger partial charge in [0.05, 0.1) is 4.92 Å². The van der Waals surface area contributed by atoms with Gasteiger partial charge in [-0.25, -0.2) is 9.97 Å². The summed E-state index contributed by atoms with van der Waals surface area (Å²) in [5, 5.41) is 13.9. The summed E-state index contributed by atoms with van der Waals surface area (Å²) in [5.41, 5.74) is 0.00974. The first-order valence-corrected chi connectivity index (χ1v) is 7.25. The average molecular weight is 299 g/mol. The van der Waals surface area contributed by atoms with Crippen LogP contribution in [0.3, 0.4) is 0 Å². The van der Waals surface area contributed by atoms with Gasteiger partial charge in [0.25, 0.3) is 5.69 Å². The molecule has 3 heterocycles. The number of nitro groups is 1. The molecule has 114 valence electrons. The lowest BCUT2D eigenvalue weighted by atomic mass is 10.1. The Hall–Kier alpha value is -2.70. The maximum atomic E-state index is 10.6. The van der Waals surface area contributed by atoms with Crippen molar-refractivity contribution in [3.8, 4) is 0 Å². The number of pyridine rings is 2. The number of nitrogens with one attached hydrogen (secondary N) is 1. The van der Waals surface area contributed by atoms with Crippen LogP contribution in [-0.2, 0) is 0 Å². The summed E-state index contributed by atoms with van der Waals surface area (Å²) < 4.78 is 0. The van der Waals surface area contributed by atoms with Crippen LogP contribution in [-0.4, -0.2) is 34.0 Å². The predicted octanol–water partition coefficient (Wildman–Crippen LogP) is 2.47. The molecule has 1 N–H and O–H groups in total. The molecule has 0 amide bonds. The molecule has 0 spiro atoms. The van der Waals surface area contributed by atoms with E-state index >= 15 is 0 Å². The molecule has 2 aromatic rings. The standard InChI is InChI=1S/C15H17N5O2/c21-20(22)13-4-5-14(17-11-13)18-12-6-9-19(10-7-12)15-3-1-2-8-16-15/h1-5,8,11-12H,6-7,9-10H2,(H,17,18). The van der Waals surface area contributed by atoms with Crippen molar-refractivity contribution in [2.24, 2.45) is 0 Å². The van der Waals surface area contributed by atoms with Gasteiger partial charge in [0.15, 0.2) is 0 Å². The van der Waals surface area contributed by atoms with Gasteiger partial charge in [0.1, 0.15) is 17.8 Å². The van der Waals surface area contributed by atoms with E-state index in [4.69, 9.17) is 0 Å². The van der Waals surface area contributed by atoms with E-state index in [9.17, 15) is 10.1 Å². The molecule has 7 heteroatoms. The number of piperidine rings is 1. The van der Waals surface area contributed by atoms with Gasteiger partial charge in [0.2, 0.25) is 0 Å². The zero-order valence-electron chi connectivity index (χ0n) is 12.1. The Labute approximate surface area is 128 Å². The number of anilines is 2. The summed E-state index contributed by atoms with van der Waals surface area (Å²) in [7, 11) is 0. The highest BCUT2D eigenvalue weighted by Crippen LogP contribution is 2.20. The molecule has 0 aromatic carbocycles. The van der Waals surface area contributed by atoms with Crippen molar-refractivity contribution >= 4 is 17.3 Å². The number of hydrogen-bond donors (Lipinski definition) is 1. The van der Waals surface area contributed by atoms with E-state index in [0.717, 1.165) is 31.7 Å². The van der Waals surface area contributed by atoms with Crippen molar-refractivity contribution in [2.75, 3.05) is 23.3 Å². The topological polar surface area (TPSA) is 84.2 Å². The van der Waals surface area contributed by atoms with Crippen molar-refractivity contribution in [1.29, 1.82) is 0 Å². The van der Waals surface area contributed by atoms with Crippen LogP contribution in [0.15, 0.2) is 42.7 Å². The first-order valence-electron chi connectivity index (χ1n) is 7.25. The SMILES string of the molecule is O=[N+]([O-])c1ccc(NC2CCN(c3ccccn3)CC2)nc1. The fraction of sp³-hybridized carbons (Fsp3) is 0.333. The highest BCUT2D eigenvalue weighted by molar-refractivity contribution is 5.42. The Morgan fingerprint density at radius 3 is 2.59 bits per heavy atom. The van der Waals surface area contributed by atoms with E-state index in [0.29, 0.717) is 11.9 Å². The molecular formula is C15H17N5O2. The van der Waals surface area contributed by atoms with E-state index in [1.165, 1.54) is 12.3 Å². The minimum absolute atomic E-state index is 0.00974. The molecule has 1 fully saturated rings. The van der Waals surface area contributed by atoms with Crippen LogP contribution in [0.1, 0.15) is 12.8 Å². The Balaban J connectivity index is 1.54. The zero-order chi connectivity index (χ0) is 15.4. The minimum Gasteiger partial charge on any atom is -0.367 e. The Kier molecular flexibility index (Phi) is 4.13. The van der Waals surface area contributed by atoms with E-state index in [1.54, 1.807) is 12.3 Å². The van der Waals surface area contributed by atoms with Crippen molar-refractivity contribution in [1.82, 2.24) is 9.97 Å². The van der Waals surface area contributed by atoms with Gasteiger partial charge in [-0.15, -0.1) is 0 Å². The van der Waals surface area contributed by atoms with Crippen LogP contribution < -0.4 is 10.2 Å². The van der Waals surface area contributed by atoms with E-state index < -0.39 is 4.92 Å². The third-order valence-corrected chi connectivity index (χ3v) is 3.78. The Morgan fingerprint density at radius 2 is 2.00 bits per heavy atom. The molecule has 0 atom stereocenters. The van der Waals surface area contributed by atoms with E-state index in [2.05, 4.69) is 20.2 Å². The monoisotopic (exact) mass is 299 g/mol. The molecule has 1 aliphatic rings. The summed E-state index contributed by atoms with van der Waals surface area (Å²) in [6, 6.07) is 9.38. The summed E-state index contributed by atoms with van der Waals surface area (Å²) >= 11 is 0. The average Bonchev–Trinajstić information content (AvgIpc) is 2.57. The van der Waals surface area contributed by atoms with Crippen molar-refractivity contribution in [3.63, 3.8) is 0 Å². The van der Waals surface area contributed by atoms with Gasteiger partial charge in [-0.05, 0) is 31.0 Å². The quantitative estimate of drug-likeness (QED) is 0.689. The normalized spacial score (nSPS) is 15.5. The Bertz CT molecular complexity index is 624. The van der Waals surface area contributed by atoms with Crippen LogP contribution in [0, 0.1) is 10.1 Å². The first kappa shape index (κ1) is 14.2. The molecule has 1 aliphatic heterocycles. The van der Waals surface area contributed by atoms with Crippen LogP contribution in [0.25, 0.3) is 0 Å². The molecule has 0 unspecified atom stereocenters. The molecule has 3 rings (SSSR count). The van der Waals surface area contributed by atoms with Crippen LogP contribution in [0.5, 0.6) is 0 Å². The maximum absolute atomic E-state index is 10.6. The fourth-order valence-electron chi connectivity index (χ4n) is 2.58. The summed E-state index contributed by atoms with van der Waals surface area (Å²) in [4.78, 5) is 20.9. The molecule has 1 saturated heterocycles. The summed E-state index contributed by atoms with van der Waals surface area (Å²) in [6.45, 7) is 1.86. The van der Waals surface area contributed by atoms with Gasteiger partial charge in [0, 0.05) is 31.4 Å². The highest BCUT2D eigenvalue weighted by atomic mass is 16.6. The lowest BCUT2D eigenvalue weighted by Crippen LogP contribution is -2.39. The second-order valence-corrected chi connectivity index (χ2v) is 5.25. The Morgan fingerprint density at radius 1 is 1.18 bits per heavy atom. The van der Waals surface area contributed by atoms with E-state index in [1.807, 2.05) is 18.2 Å². The van der Waals surface area contributed by atoms with Crippen LogP contribution in [0.4, 0.5) is 17.3 Å². The van der Waals surface area contributed by atoms with Gasteiger partial charge < -0.3 is 10.2 Å². The third kappa shape index (κ3) is 3.30. The van der Waals surface area contributed by atoms with Crippen molar-refractivity contribution in [3.05, 3.63) is 52.8 Å². The van der Waals surface area contributed by atoms with Crippen LogP contribution in [0.2, 0.25) is 0 Å². The second kappa shape index (κ2) is 6.38. The number of hydrogen-bond acceptors (Lipinski definition) is 6. The summed E-state index contributed by atoms with van der Waals surface area (Å²) in [6.07, 6.45) is 5.05. The molecule has 0 aliphatic carbocycles. The predicted molar refractivity (Wildman–Crippen MR) is 84.0 cm³/mol. The van der Waals surface area contributed by atoms with Gasteiger partial charge >= 0.3 is 0 Å².